The number of fused-ring (bicyclic) bond motifs is 7. The number of alkyl carbamates (subject to hydrolysis) is 1. The summed E-state index contributed by atoms with van der Waals surface area (Å²) in [5.74, 6) is 0.660. The van der Waals surface area contributed by atoms with Crippen molar-refractivity contribution in [2.75, 3.05) is 11.9 Å². The second-order valence-corrected chi connectivity index (χ2v) is 7.78. The SMILES string of the molecule is Cc1nc2cc(c1F)Nc1cc([nH]n1)[C@H]1CC[C@H](C1)OC(=O)NCCC[C@@H](C)O2. The molecule has 2 aromatic rings. The normalized spacial score (nSPS) is 25.1. The van der Waals surface area contributed by atoms with Crippen LogP contribution in [0, 0.1) is 12.7 Å². The molecule has 156 valence electrons. The first kappa shape index (κ1) is 19.5. The minimum atomic E-state index is -0.430. The first-order valence-electron chi connectivity index (χ1n) is 10.1. The Morgan fingerprint density at radius 3 is 2.93 bits per heavy atom. The van der Waals surface area contributed by atoms with Gasteiger partial charge in [0.05, 0.1) is 17.5 Å². The number of aromatic nitrogens is 3. The summed E-state index contributed by atoms with van der Waals surface area (Å²) < 4.78 is 26.0. The van der Waals surface area contributed by atoms with Crippen molar-refractivity contribution in [1.29, 1.82) is 0 Å². The van der Waals surface area contributed by atoms with Gasteiger partial charge in [-0.05, 0) is 46.0 Å². The van der Waals surface area contributed by atoms with Gasteiger partial charge in [-0.2, -0.15) is 5.10 Å². The van der Waals surface area contributed by atoms with Gasteiger partial charge in [0, 0.05) is 30.3 Å². The zero-order valence-electron chi connectivity index (χ0n) is 16.6. The molecule has 3 heterocycles. The van der Waals surface area contributed by atoms with Crippen LogP contribution in [0.4, 0.5) is 20.7 Å². The van der Waals surface area contributed by atoms with E-state index < -0.39 is 5.82 Å². The molecule has 3 N–H and O–H groups in total. The van der Waals surface area contributed by atoms with Gasteiger partial charge in [-0.1, -0.05) is 0 Å². The Balaban J connectivity index is 1.59. The van der Waals surface area contributed by atoms with E-state index in [0.717, 1.165) is 37.8 Å². The van der Waals surface area contributed by atoms with Crippen LogP contribution in [0.3, 0.4) is 0 Å². The van der Waals surface area contributed by atoms with Crippen molar-refractivity contribution in [1.82, 2.24) is 20.5 Å². The van der Waals surface area contributed by atoms with Gasteiger partial charge < -0.3 is 20.1 Å². The molecule has 2 aromatic heterocycles. The zero-order chi connectivity index (χ0) is 20.4. The number of halogens is 1. The van der Waals surface area contributed by atoms with Gasteiger partial charge >= 0.3 is 6.09 Å². The first-order valence-corrected chi connectivity index (χ1v) is 10.1. The summed E-state index contributed by atoms with van der Waals surface area (Å²) in [7, 11) is 0. The van der Waals surface area contributed by atoms with Gasteiger partial charge in [0.25, 0.3) is 0 Å². The van der Waals surface area contributed by atoms with Crippen molar-refractivity contribution >= 4 is 17.6 Å². The van der Waals surface area contributed by atoms with Crippen molar-refractivity contribution < 1.29 is 18.7 Å². The van der Waals surface area contributed by atoms with Crippen LogP contribution in [0.1, 0.15) is 56.3 Å². The number of anilines is 2. The predicted molar refractivity (Wildman–Crippen MR) is 105 cm³/mol. The Labute approximate surface area is 168 Å². The minimum Gasteiger partial charge on any atom is -0.475 e. The highest BCUT2D eigenvalue weighted by molar-refractivity contribution is 5.67. The van der Waals surface area contributed by atoms with E-state index in [1.54, 1.807) is 13.0 Å². The van der Waals surface area contributed by atoms with Crippen LogP contribution in [-0.2, 0) is 4.74 Å². The Morgan fingerprint density at radius 1 is 1.21 bits per heavy atom. The summed E-state index contributed by atoms with van der Waals surface area (Å²) in [6.07, 6.45) is 3.29. The summed E-state index contributed by atoms with van der Waals surface area (Å²) in [5, 5.41) is 13.1. The second-order valence-electron chi connectivity index (χ2n) is 7.78. The molecule has 1 aliphatic carbocycles. The Morgan fingerprint density at radius 2 is 2.07 bits per heavy atom. The molecule has 8 nitrogen and oxygen atoms in total. The molecule has 9 heteroatoms. The van der Waals surface area contributed by atoms with Gasteiger partial charge in [0.15, 0.2) is 11.6 Å². The average molecular weight is 403 g/mol. The van der Waals surface area contributed by atoms with E-state index in [0.29, 0.717) is 18.2 Å². The Kier molecular flexibility index (Phi) is 5.55. The van der Waals surface area contributed by atoms with Gasteiger partial charge in [-0.15, -0.1) is 0 Å². The van der Waals surface area contributed by atoms with Gasteiger partial charge in [-0.3, -0.25) is 5.10 Å². The molecule has 0 saturated heterocycles. The largest absolute Gasteiger partial charge is 0.475 e. The van der Waals surface area contributed by atoms with Gasteiger partial charge in [-0.25, -0.2) is 14.2 Å². The van der Waals surface area contributed by atoms with Crippen molar-refractivity contribution in [3.05, 3.63) is 29.3 Å². The third-order valence-corrected chi connectivity index (χ3v) is 5.44. The van der Waals surface area contributed by atoms with Gasteiger partial charge in [0.2, 0.25) is 5.88 Å². The van der Waals surface area contributed by atoms with E-state index in [1.165, 1.54) is 0 Å². The number of hydrogen-bond donors (Lipinski definition) is 3. The quantitative estimate of drug-likeness (QED) is 0.616. The maximum atomic E-state index is 14.6. The number of amides is 1. The number of hydrogen-bond acceptors (Lipinski definition) is 6. The lowest BCUT2D eigenvalue weighted by molar-refractivity contribution is 0.0996. The molecule has 1 fully saturated rings. The van der Waals surface area contributed by atoms with E-state index in [-0.39, 0.29) is 35.6 Å². The number of H-pyrrole nitrogens is 1. The van der Waals surface area contributed by atoms with E-state index in [1.807, 2.05) is 13.0 Å². The van der Waals surface area contributed by atoms with Crippen molar-refractivity contribution in [3.63, 3.8) is 0 Å². The van der Waals surface area contributed by atoms with Crippen molar-refractivity contribution in [2.24, 2.45) is 0 Å². The topological polar surface area (TPSA) is 101 Å². The fraction of sp³-hybridized carbons (Fsp3) is 0.550. The number of nitrogens with one attached hydrogen (secondary N) is 3. The minimum absolute atomic E-state index is 0.108. The molecule has 1 aliphatic heterocycles. The molecule has 0 unspecified atom stereocenters. The monoisotopic (exact) mass is 403 g/mol. The van der Waals surface area contributed by atoms with Crippen LogP contribution in [0.5, 0.6) is 5.88 Å². The molecule has 4 rings (SSSR count). The molecule has 29 heavy (non-hydrogen) atoms. The maximum Gasteiger partial charge on any atom is 0.407 e. The van der Waals surface area contributed by atoms with E-state index in [2.05, 4.69) is 25.8 Å². The molecule has 3 atom stereocenters. The molecular formula is C20H26FN5O3. The van der Waals surface area contributed by atoms with E-state index in [4.69, 9.17) is 9.47 Å². The molecular weight excluding hydrogens is 377 g/mol. The van der Waals surface area contributed by atoms with Crippen molar-refractivity contribution in [2.45, 2.75) is 64.1 Å². The number of carbonyl (C=O) groups is 1. The number of nitrogens with zero attached hydrogens (tertiary/aromatic N) is 2. The zero-order valence-corrected chi connectivity index (χ0v) is 16.6. The third-order valence-electron chi connectivity index (χ3n) is 5.44. The lowest BCUT2D eigenvalue weighted by atomic mass is 10.0. The number of pyridine rings is 1. The van der Waals surface area contributed by atoms with Crippen LogP contribution in [0.25, 0.3) is 0 Å². The lowest BCUT2D eigenvalue weighted by Crippen LogP contribution is -2.29. The summed E-state index contributed by atoms with van der Waals surface area (Å²) in [6, 6.07) is 3.42. The highest BCUT2D eigenvalue weighted by Gasteiger charge is 2.30. The van der Waals surface area contributed by atoms with Crippen LogP contribution < -0.4 is 15.4 Å². The molecule has 6 bridgehead atoms. The smallest absolute Gasteiger partial charge is 0.407 e. The fourth-order valence-electron chi connectivity index (χ4n) is 3.90. The summed E-state index contributed by atoms with van der Waals surface area (Å²) in [5.41, 5.74) is 1.47. The van der Waals surface area contributed by atoms with Crippen LogP contribution >= 0.6 is 0 Å². The van der Waals surface area contributed by atoms with Crippen molar-refractivity contribution in [3.8, 4) is 5.88 Å². The predicted octanol–water partition coefficient (Wildman–Crippen LogP) is 3.92. The maximum absolute atomic E-state index is 14.6. The third kappa shape index (κ3) is 4.60. The first-order chi connectivity index (χ1) is 14.0. The van der Waals surface area contributed by atoms with Gasteiger partial charge in [0.1, 0.15) is 6.10 Å². The Bertz CT molecular complexity index is 887. The average Bonchev–Trinajstić information content (AvgIpc) is 3.31. The standard InChI is InChI=1S/C20H26FN5O3/c1-11-4-3-7-22-20(27)29-14-6-5-13(8-14)15-9-17(26-25-15)24-16-10-18(28-11)23-12(2)19(16)21/h9-11,13-14H,3-8H2,1-2H3,(H,22,27)(H2,24,25,26)/t11-,13+,14-/m1/s1. The Hall–Kier alpha value is -2.84. The fourth-order valence-corrected chi connectivity index (χ4v) is 3.90. The molecule has 1 saturated carbocycles. The van der Waals surface area contributed by atoms with Crippen LogP contribution in [-0.4, -0.2) is 40.0 Å². The number of rotatable bonds is 0. The number of carbonyl (C=O) groups excluding carboxylic acids is 1. The summed E-state index contributed by atoms with van der Waals surface area (Å²) in [4.78, 5) is 16.2. The lowest BCUT2D eigenvalue weighted by Gasteiger charge is -2.17. The number of aromatic amines is 1. The second kappa shape index (κ2) is 8.26. The molecule has 2 aliphatic rings. The van der Waals surface area contributed by atoms with Crippen LogP contribution in [0.15, 0.2) is 12.1 Å². The van der Waals surface area contributed by atoms with E-state index in [9.17, 15) is 9.18 Å². The summed E-state index contributed by atoms with van der Waals surface area (Å²) in [6.45, 7) is 4.03. The highest BCUT2D eigenvalue weighted by Crippen LogP contribution is 2.36. The number of ether oxygens (including phenoxy) is 2. The summed E-state index contributed by atoms with van der Waals surface area (Å²) >= 11 is 0. The molecule has 0 aromatic carbocycles. The molecule has 1 amide bonds. The number of aryl methyl sites for hydroxylation is 1. The highest BCUT2D eigenvalue weighted by atomic mass is 19.1. The molecule has 0 radical (unpaired) electrons. The van der Waals surface area contributed by atoms with Crippen LogP contribution in [0.2, 0.25) is 0 Å². The molecule has 0 spiro atoms. The van der Waals surface area contributed by atoms with E-state index >= 15 is 0 Å².